The number of hydrogen-bond acceptors (Lipinski definition) is 5. The second kappa shape index (κ2) is 10.1. The maximum Gasteiger partial charge on any atom is 0.233 e. The number of hydrogen-bond donors (Lipinski definition) is 0. The van der Waals surface area contributed by atoms with E-state index in [-0.39, 0.29) is 11.9 Å². The van der Waals surface area contributed by atoms with E-state index in [1.807, 2.05) is 47.4 Å². The van der Waals surface area contributed by atoms with Crippen molar-refractivity contribution in [2.45, 2.75) is 30.6 Å². The Labute approximate surface area is 206 Å². The predicted molar refractivity (Wildman–Crippen MR) is 135 cm³/mol. The number of thioether (sulfide) groups is 1. The molecular formula is C25H23ClN4OS2. The van der Waals surface area contributed by atoms with Gasteiger partial charge in [0.2, 0.25) is 5.91 Å². The summed E-state index contributed by atoms with van der Waals surface area (Å²) in [6.07, 6.45) is 2.07. The number of halogens is 1. The maximum absolute atomic E-state index is 13.2. The lowest BCUT2D eigenvalue weighted by molar-refractivity contribution is -0.129. The molecule has 5 nitrogen and oxygen atoms in total. The molecule has 2 aromatic heterocycles. The first-order valence-corrected chi connectivity index (χ1v) is 13.1. The molecule has 1 aliphatic rings. The van der Waals surface area contributed by atoms with Crippen LogP contribution in [0, 0.1) is 0 Å². The minimum atomic E-state index is 0.143. The van der Waals surface area contributed by atoms with Gasteiger partial charge in [0.1, 0.15) is 0 Å². The number of carbonyl (C=O) groups excluding carboxylic acids is 1. The molecule has 8 heteroatoms. The average molecular weight is 495 g/mol. The summed E-state index contributed by atoms with van der Waals surface area (Å²) < 4.78 is 2.05. The first-order chi connectivity index (χ1) is 16.2. The van der Waals surface area contributed by atoms with E-state index in [9.17, 15) is 4.79 Å². The van der Waals surface area contributed by atoms with E-state index in [1.165, 1.54) is 16.6 Å². The Bertz CT molecular complexity index is 1230. The van der Waals surface area contributed by atoms with Crippen LogP contribution in [0.4, 0.5) is 0 Å². The van der Waals surface area contributed by atoms with E-state index in [4.69, 9.17) is 11.6 Å². The third kappa shape index (κ3) is 4.86. The smallest absolute Gasteiger partial charge is 0.233 e. The van der Waals surface area contributed by atoms with Crippen molar-refractivity contribution in [3.05, 3.63) is 87.6 Å². The Balaban J connectivity index is 1.38. The predicted octanol–water partition coefficient (Wildman–Crippen LogP) is 6.16. The van der Waals surface area contributed by atoms with Crippen molar-refractivity contribution in [1.29, 1.82) is 0 Å². The SMILES string of the molecule is O=C(CSc1nnc(-c2ccccc2Cl)n1Cc1ccccc1)N1CCCC1c1cccs1. The van der Waals surface area contributed by atoms with Gasteiger partial charge in [-0.15, -0.1) is 21.5 Å². The van der Waals surface area contributed by atoms with Gasteiger partial charge in [-0.25, -0.2) is 0 Å². The molecule has 0 aliphatic carbocycles. The summed E-state index contributed by atoms with van der Waals surface area (Å²) in [7, 11) is 0. The van der Waals surface area contributed by atoms with E-state index < -0.39 is 0 Å². The second-order valence-electron chi connectivity index (χ2n) is 7.91. The number of amides is 1. The lowest BCUT2D eigenvalue weighted by Crippen LogP contribution is -2.31. The topological polar surface area (TPSA) is 51.0 Å². The van der Waals surface area contributed by atoms with Gasteiger partial charge in [-0.2, -0.15) is 0 Å². The summed E-state index contributed by atoms with van der Waals surface area (Å²) >= 11 is 9.64. The molecule has 1 saturated heterocycles. The van der Waals surface area contributed by atoms with E-state index in [1.54, 1.807) is 11.3 Å². The number of aromatic nitrogens is 3. The highest BCUT2D eigenvalue weighted by Crippen LogP contribution is 2.35. The molecule has 1 amide bonds. The van der Waals surface area contributed by atoms with Crippen LogP contribution in [0.15, 0.2) is 77.3 Å². The minimum Gasteiger partial charge on any atom is -0.334 e. The fourth-order valence-electron chi connectivity index (χ4n) is 4.20. The van der Waals surface area contributed by atoms with Crippen LogP contribution in [0.2, 0.25) is 5.02 Å². The van der Waals surface area contributed by atoms with Crippen LogP contribution >= 0.6 is 34.7 Å². The Morgan fingerprint density at radius 1 is 1.06 bits per heavy atom. The van der Waals surface area contributed by atoms with E-state index in [2.05, 4.69) is 44.4 Å². The Morgan fingerprint density at radius 2 is 1.88 bits per heavy atom. The number of nitrogens with zero attached hydrogens (tertiary/aromatic N) is 4. The highest BCUT2D eigenvalue weighted by molar-refractivity contribution is 7.99. The van der Waals surface area contributed by atoms with E-state index in [0.717, 1.165) is 30.5 Å². The molecule has 0 bridgehead atoms. The Morgan fingerprint density at radius 3 is 2.67 bits per heavy atom. The van der Waals surface area contributed by atoms with Gasteiger partial charge < -0.3 is 4.90 Å². The fraction of sp³-hybridized carbons (Fsp3) is 0.240. The summed E-state index contributed by atoms with van der Waals surface area (Å²) in [5.41, 5.74) is 1.97. The molecule has 0 saturated carbocycles. The molecular weight excluding hydrogens is 472 g/mol. The van der Waals surface area contributed by atoms with E-state index >= 15 is 0 Å². The summed E-state index contributed by atoms with van der Waals surface area (Å²) in [5.74, 6) is 1.18. The van der Waals surface area contributed by atoms with Gasteiger partial charge in [-0.1, -0.05) is 71.9 Å². The number of likely N-dealkylation sites (tertiary alicyclic amines) is 1. The normalized spacial score (nSPS) is 15.8. The van der Waals surface area contributed by atoms with Crippen LogP contribution in [0.3, 0.4) is 0 Å². The molecule has 33 heavy (non-hydrogen) atoms. The molecule has 3 heterocycles. The van der Waals surface area contributed by atoms with Crippen molar-refractivity contribution in [1.82, 2.24) is 19.7 Å². The zero-order valence-electron chi connectivity index (χ0n) is 17.9. The highest BCUT2D eigenvalue weighted by atomic mass is 35.5. The summed E-state index contributed by atoms with van der Waals surface area (Å²) in [6, 6.07) is 22.2. The molecule has 5 rings (SSSR count). The summed E-state index contributed by atoms with van der Waals surface area (Å²) in [6.45, 7) is 1.41. The van der Waals surface area contributed by atoms with Gasteiger partial charge in [0, 0.05) is 17.0 Å². The third-order valence-corrected chi connectivity index (χ3v) is 8.04. The molecule has 1 atom stereocenters. The minimum absolute atomic E-state index is 0.143. The number of carbonyl (C=O) groups is 1. The maximum atomic E-state index is 13.2. The summed E-state index contributed by atoms with van der Waals surface area (Å²) in [5, 5.41) is 12.3. The standard InChI is InChI=1S/C25H23ClN4OS2/c26-20-11-5-4-10-19(20)24-27-28-25(30(24)16-18-8-2-1-3-9-18)33-17-23(31)29-14-6-12-21(29)22-13-7-15-32-22/h1-5,7-11,13,15,21H,6,12,14,16-17H2. The van der Waals surface area contributed by atoms with Crippen LogP contribution in [0.5, 0.6) is 0 Å². The Kier molecular flexibility index (Phi) is 6.80. The average Bonchev–Trinajstić information content (AvgIpc) is 3.60. The van der Waals surface area contributed by atoms with Crippen LogP contribution in [0.1, 0.15) is 29.3 Å². The van der Waals surface area contributed by atoms with Gasteiger partial charge in [-0.3, -0.25) is 9.36 Å². The molecule has 2 aromatic carbocycles. The van der Waals surface area contributed by atoms with Crippen molar-refractivity contribution < 1.29 is 4.79 Å². The zero-order chi connectivity index (χ0) is 22.6. The molecule has 1 fully saturated rings. The van der Waals surface area contributed by atoms with Crippen molar-refractivity contribution in [2.24, 2.45) is 0 Å². The van der Waals surface area contributed by atoms with Crippen LogP contribution in [-0.4, -0.2) is 37.9 Å². The first-order valence-electron chi connectivity index (χ1n) is 10.9. The van der Waals surface area contributed by atoms with Crippen molar-refractivity contribution in [2.75, 3.05) is 12.3 Å². The molecule has 168 valence electrons. The van der Waals surface area contributed by atoms with Crippen LogP contribution in [-0.2, 0) is 11.3 Å². The first kappa shape index (κ1) is 22.2. The van der Waals surface area contributed by atoms with E-state index in [0.29, 0.717) is 28.3 Å². The molecule has 1 unspecified atom stereocenters. The molecule has 0 spiro atoms. The number of thiophene rings is 1. The van der Waals surface area contributed by atoms with Gasteiger partial charge in [-0.05, 0) is 42.0 Å². The quantitative estimate of drug-likeness (QED) is 0.288. The molecule has 1 aliphatic heterocycles. The van der Waals surface area contributed by atoms with Gasteiger partial charge in [0.25, 0.3) is 0 Å². The van der Waals surface area contributed by atoms with Crippen molar-refractivity contribution in [3.8, 4) is 11.4 Å². The largest absolute Gasteiger partial charge is 0.334 e. The van der Waals surface area contributed by atoms with Gasteiger partial charge in [0.15, 0.2) is 11.0 Å². The molecule has 0 radical (unpaired) electrons. The third-order valence-electron chi connectivity index (χ3n) is 5.78. The fourth-order valence-corrected chi connectivity index (χ4v) is 6.11. The highest BCUT2D eigenvalue weighted by Gasteiger charge is 2.30. The van der Waals surface area contributed by atoms with Crippen LogP contribution in [0.25, 0.3) is 11.4 Å². The summed E-state index contributed by atoms with van der Waals surface area (Å²) in [4.78, 5) is 16.4. The number of rotatable bonds is 7. The lowest BCUT2D eigenvalue weighted by atomic mass is 10.2. The zero-order valence-corrected chi connectivity index (χ0v) is 20.3. The number of benzene rings is 2. The monoisotopic (exact) mass is 494 g/mol. The van der Waals surface area contributed by atoms with Crippen molar-refractivity contribution >= 4 is 40.6 Å². The van der Waals surface area contributed by atoms with Gasteiger partial charge >= 0.3 is 0 Å². The Hall–Kier alpha value is -2.61. The van der Waals surface area contributed by atoms with Crippen molar-refractivity contribution in [3.63, 3.8) is 0 Å². The van der Waals surface area contributed by atoms with Crippen LogP contribution < -0.4 is 0 Å². The van der Waals surface area contributed by atoms with Gasteiger partial charge in [0.05, 0.1) is 23.4 Å². The molecule has 0 N–H and O–H groups in total. The molecule has 4 aromatic rings. The lowest BCUT2D eigenvalue weighted by Gasteiger charge is -2.23. The second-order valence-corrected chi connectivity index (χ2v) is 10.2.